The summed E-state index contributed by atoms with van der Waals surface area (Å²) in [6.45, 7) is 10.4. The predicted molar refractivity (Wildman–Crippen MR) is 86.3 cm³/mol. The molecule has 120 valence electrons. The fourth-order valence-electron chi connectivity index (χ4n) is 3.37. The number of hydrogen-bond donors (Lipinski definition) is 1. The average molecular weight is 293 g/mol. The molecule has 1 saturated heterocycles. The summed E-state index contributed by atoms with van der Waals surface area (Å²) in [5.74, 6) is 1.06. The minimum absolute atomic E-state index is 0.131. The third kappa shape index (κ3) is 4.04. The molecule has 2 rings (SSSR count). The van der Waals surface area contributed by atoms with Crippen molar-refractivity contribution < 1.29 is 0 Å². The summed E-state index contributed by atoms with van der Waals surface area (Å²) >= 11 is 0. The van der Waals surface area contributed by atoms with E-state index in [2.05, 4.69) is 41.1 Å². The predicted octanol–water partition coefficient (Wildman–Crippen LogP) is 1.99. The van der Waals surface area contributed by atoms with Crippen LogP contribution in [0.3, 0.4) is 0 Å². The van der Waals surface area contributed by atoms with Gasteiger partial charge in [0.15, 0.2) is 0 Å². The van der Waals surface area contributed by atoms with Crippen LogP contribution in [-0.2, 0) is 13.5 Å². The lowest BCUT2D eigenvalue weighted by molar-refractivity contribution is 0.0830. The zero-order chi connectivity index (χ0) is 15.3. The van der Waals surface area contributed by atoms with Gasteiger partial charge in [-0.05, 0) is 46.3 Å². The minimum Gasteiger partial charge on any atom is -0.312 e. The van der Waals surface area contributed by atoms with Crippen LogP contribution < -0.4 is 5.32 Å². The average Bonchev–Trinajstić information content (AvgIpc) is 2.70. The standard InChI is InChI=1S/C16H31N5/c1-5-17-14(12-15-18-13-19-20(15)4)16(2,3)21-10-8-6-7-9-11-21/h13-14,17H,5-12H2,1-4H3. The van der Waals surface area contributed by atoms with E-state index < -0.39 is 0 Å². The molecular weight excluding hydrogens is 262 g/mol. The van der Waals surface area contributed by atoms with Crippen LogP contribution in [0.25, 0.3) is 0 Å². The normalized spacial score (nSPS) is 19.4. The number of rotatable bonds is 6. The first-order chi connectivity index (χ1) is 10.1. The van der Waals surface area contributed by atoms with Crippen molar-refractivity contribution in [1.29, 1.82) is 0 Å². The Morgan fingerprint density at radius 3 is 2.43 bits per heavy atom. The van der Waals surface area contributed by atoms with Crippen molar-refractivity contribution in [3.63, 3.8) is 0 Å². The maximum atomic E-state index is 4.41. The van der Waals surface area contributed by atoms with E-state index in [1.807, 2.05) is 11.7 Å². The Balaban J connectivity index is 2.12. The van der Waals surface area contributed by atoms with Gasteiger partial charge in [0, 0.05) is 25.0 Å². The summed E-state index contributed by atoms with van der Waals surface area (Å²) in [7, 11) is 1.98. The summed E-state index contributed by atoms with van der Waals surface area (Å²) in [6, 6.07) is 0.392. The first-order valence-corrected chi connectivity index (χ1v) is 8.37. The third-order valence-corrected chi connectivity index (χ3v) is 4.92. The fraction of sp³-hybridized carbons (Fsp3) is 0.875. The molecule has 0 aromatic carbocycles. The zero-order valence-corrected chi connectivity index (χ0v) is 14.1. The summed E-state index contributed by atoms with van der Waals surface area (Å²) in [6.07, 6.45) is 7.98. The Labute approximate surface area is 129 Å². The molecule has 1 aliphatic heterocycles. The largest absolute Gasteiger partial charge is 0.312 e. The molecule has 0 radical (unpaired) electrons. The Hall–Kier alpha value is -0.940. The van der Waals surface area contributed by atoms with Crippen molar-refractivity contribution in [1.82, 2.24) is 25.0 Å². The van der Waals surface area contributed by atoms with E-state index in [9.17, 15) is 0 Å². The van der Waals surface area contributed by atoms with Crippen molar-refractivity contribution in [2.24, 2.45) is 7.05 Å². The first kappa shape index (κ1) is 16.4. The first-order valence-electron chi connectivity index (χ1n) is 8.37. The Morgan fingerprint density at radius 1 is 1.24 bits per heavy atom. The molecule has 0 spiro atoms. The fourth-order valence-corrected chi connectivity index (χ4v) is 3.37. The van der Waals surface area contributed by atoms with Gasteiger partial charge in [-0.15, -0.1) is 0 Å². The Morgan fingerprint density at radius 2 is 1.90 bits per heavy atom. The van der Waals surface area contributed by atoms with Crippen molar-refractivity contribution in [3.05, 3.63) is 12.2 Å². The SMILES string of the molecule is CCNC(Cc1ncnn1C)C(C)(C)N1CCCCCC1. The van der Waals surface area contributed by atoms with Gasteiger partial charge in [-0.2, -0.15) is 5.10 Å². The van der Waals surface area contributed by atoms with Crippen LogP contribution in [0, 0.1) is 0 Å². The highest BCUT2D eigenvalue weighted by atomic mass is 15.3. The Kier molecular flexibility index (Phi) is 5.76. The number of aromatic nitrogens is 3. The van der Waals surface area contributed by atoms with Crippen LogP contribution in [0.2, 0.25) is 0 Å². The minimum atomic E-state index is 0.131. The van der Waals surface area contributed by atoms with Gasteiger partial charge in [0.1, 0.15) is 12.2 Å². The maximum Gasteiger partial charge on any atom is 0.138 e. The van der Waals surface area contributed by atoms with Crippen LogP contribution in [0.1, 0.15) is 52.3 Å². The second-order valence-corrected chi connectivity index (χ2v) is 6.67. The molecule has 0 aliphatic carbocycles. The van der Waals surface area contributed by atoms with Gasteiger partial charge in [-0.25, -0.2) is 4.98 Å². The molecule has 0 amide bonds. The number of nitrogens with one attached hydrogen (secondary N) is 1. The van der Waals surface area contributed by atoms with Gasteiger partial charge in [-0.1, -0.05) is 19.8 Å². The summed E-state index contributed by atoms with van der Waals surface area (Å²) < 4.78 is 1.89. The van der Waals surface area contributed by atoms with Crippen LogP contribution in [0.15, 0.2) is 6.33 Å². The van der Waals surface area contributed by atoms with E-state index in [1.165, 1.54) is 38.8 Å². The molecule has 0 bridgehead atoms. The van der Waals surface area contributed by atoms with Gasteiger partial charge in [0.2, 0.25) is 0 Å². The molecule has 1 N–H and O–H groups in total. The molecule has 1 unspecified atom stereocenters. The topological polar surface area (TPSA) is 46.0 Å². The second-order valence-electron chi connectivity index (χ2n) is 6.67. The van der Waals surface area contributed by atoms with E-state index in [4.69, 9.17) is 0 Å². The lowest BCUT2D eigenvalue weighted by Crippen LogP contribution is -2.59. The van der Waals surface area contributed by atoms with Crippen molar-refractivity contribution in [2.75, 3.05) is 19.6 Å². The molecule has 1 fully saturated rings. The number of likely N-dealkylation sites (N-methyl/N-ethyl adjacent to an activating group) is 1. The monoisotopic (exact) mass is 293 g/mol. The lowest BCUT2D eigenvalue weighted by atomic mass is 9.89. The van der Waals surface area contributed by atoms with Gasteiger partial charge in [0.05, 0.1) is 0 Å². The van der Waals surface area contributed by atoms with Crippen LogP contribution in [0.4, 0.5) is 0 Å². The maximum absolute atomic E-state index is 4.41. The summed E-state index contributed by atoms with van der Waals surface area (Å²) in [5, 5.41) is 7.89. The molecule has 1 aliphatic rings. The highest BCUT2D eigenvalue weighted by molar-refractivity contribution is 5.00. The van der Waals surface area contributed by atoms with E-state index >= 15 is 0 Å². The number of likely N-dealkylation sites (tertiary alicyclic amines) is 1. The van der Waals surface area contributed by atoms with E-state index in [-0.39, 0.29) is 5.54 Å². The van der Waals surface area contributed by atoms with E-state index in [0.717, 1.165) is 18.8 Å². The quantitative estimate of drug-likeness (QED) is 0.871. The highest BCUT2D eigenvalue weighted by Gasteiger charge is 2.35. The number of aryl methyl sites for hydroxylation is 1. The highest BCUT2D eigenvalue weighted by Crippen LogP contribution is 2.25. The molecule has 2 heterocycles. The van der Waals surface area contributed by atoms with Crippen molar-refractivity contribution in [3.8, 4) is 0 Å². The van der Waals surface area contributed by atoms with Crippen LogP contribution in [-0.4, -0.2) is 50.9 Å². The Bertz CT molecular complexity index is 418. The van der Waals surface area contributed by atoms with Gasteiger partial charge < -0.3 is 5.32 Å². The molecule has 5 nitrogen and oxygen atoms in total. The molecule has 1 aromatic rings. The molecular formula is C16H31N5. The summed E-state index contributed by atoms with van der Waals surface area (Å²) in [5.41, 5.74) is 0.131. The van der Waals surface area contributed by atoms with Crippen molar-refractivity contribution >= 4 is 0 Å². The summed E-state index contributed by atoms with van der Waals surface area (Å²) in [4.78, 5) is 7.08. The molecule has 1 aromatic heterocycles. The van der Waals surface area contributed by atoms with E-state index in [1.54, 1.807) is 6.33 Å². The lowest BCUT2D eigenvalue weighted by Gasteiger charge is -2.44. The van der Waals surface area contributed by atoms with Gasteiger partial charge in [-0.3, -0.25) is 9.58 Å². The van der Waals surface area contributed by atoms with Crippen molar-refractivity contribution in [2.45, 2.75) is 64.5 Å². The smallest absolute Gasteiger partial charge is 0.138 e. The number of nitrogens with zero attached hydrogens (tertiary/aromatic N) is 4. The number of hydrogen-bond acceptors (Lipinski definition) is 4. The second kappa shape index (κ2) is 7.36. The molecule has 1 atom stereocenters. The van der Waals surface area contributed by atoms with Crippen LogP contribution in [0.5, 0.6) is 0 Å². The zero-order valence-electron chi connectivity index (χ0n) is 14.1. The molecule has 0 saturated carbocycles. The van der Waals surface area contributed by atoms with Gasteiger partial charge >= 0.3 is 0 Å². The van der Waals surface area contributed by atoms with Crippen LogP contribution >= 0.6 is 0 Å². The third-order valence-electron chi connectivity index (χ3n) is 4.92. The van der Waals surface area contributed by atoms with Gasteiger partial charge in [0.25, 0.3) is 0 Å². The molecule has 21 heavy (non-hydrogen) atoms. The van der Waals surface area contributed by atoms with E-state index in [0.29, 0.717) is 6.04 Å². The molecule has 5 heteroatoms.